The van der Waals surface area contributed by atoms with Gasteiger partial charge >= 0.3 is 0 Å². The van der Waals surface area contributed by atoms with Crippen molar-refractivity contribution in [3.63, 3.8) is 0 Å². The lowest BCUT2D eigenvalue weighted by molar-refractivity contribution is 0.102. The summed E-state index contributed by atoms with van der Waals surface area (Å²) in [4.78, 5) is 12.8. The van der Waals surface area contributed by atoms with Crippen LogP contribution in [0.2, 0.25) is 0 Å². The molecule has 3 heteroatoms. The molecule has 0 unspecified atom stereocenters. The molecule has 0 saturated heterocycles. The summed E-state index contributed by atoms with van der Waals surface area (Å²) in [6.45, 7) is 4.65. The molecule has 0 radical (unpaired) electrons. The number of anilines is 1. The number of ether oxygens (including phenoxy) is 1. The maximum absolute atomic E-state index is 12.8. The zero-order valence-corrected chi connectivity index (χ0v) is 15.1. The first kappa shape index (κ1) is 17.7. The Bertz CT molecular complexity index is 872. The molecule has 0 atom stereocenters. The molecule has 1 N–H and O–H groups in total. The topological polar surface area (TPSA) is 38.3 Å². The zero-order chi connectivity index (χ0) is 18.4. The number of carbonyl (C=O) groups is 1. The third kappa shape index (κ3) is 4.31. The summed E-state index contributed by atoms with van der Waals surface area (Å²) < 4.78 is 5.90. The molecule has 0 fully saturated rings. The third-order valence-electron chi connectivity index (χ3n) is 4.20. The average molecular weight is 345 g/mol. The van der Waals surface area contributed by atoms with Gasteiger partial charge < -0.3 is 10.1 Å². The van der Waals surface area contributed by atoms with Crippen molar-refractivity contribution in [3.8, 4) is 5.75 Å². The molecule has 26 heavy (non-hydrogen) atoms. The van der Waals surface area contributed by atoms with Gasteiger partial charge in [0.1, 0.15) is 12.4 Å². The third-order valence-corrected chi connectivity index (χ3v) is 4.20. The fraction of sp³-hybridized carbons (Fsp3) is 0.174. The number of carbonyl (C=O) groups excluding carboxylic acids is 1. The van der Waals surface area contributed by atoms with Crippen molar-refractivity contribution in [1.82, 2.24) is 0 Å². The van der Waals surface area contributed by atoms with E-state index in [0.29, 0.717) is 23.8 Å². The highest BCUT2D eigenvalue weighted by molar-refractivity contribution is 6.06. The van der Waals surface area contributed by atoms with Gasteiger partial charge in [-0.2, -0.15) is 0 Å². The van der Waals surface area contributed by atoms with Crippen LogP contribution in [0.5, 0.6) is 5.75 Å². The second-order valence-electron chi connectivity index (χ2n) is 6.47. The lowest BCUT2D eigenvalue weighted by Crippen LogP contribution is -2.15. The Balaban J connectivity index is 1.78. The van der Waals surface area contributed by atoms with Crippen LogP contribution in [0.4, 0.5) is 5.69 Å². The maximum atomic E-state index is 12.8. The van der Waals surface area contributed by atoms with Gasteiger partial charge in [-0.25, -0.2) is 0 Å². The van der Waals surface area contributed by atoms with E-state index in [1.807, 2.05) is 72.8 Å². The smallest absolute Gasteiger partial charge is 0.259 e. The van der Waals surface area contributed by atoms with Gasteiger partial charge in [0.25, 0.3) is 5.91 Å². The van der Waals surface area contributed by atoms with Crippen molar-refractivity contribution in [2.75, 3.05) is 5.32 Å². The van der Waals surface area contributed by atoms with Crippen LogP contribution in [-0.4, -0.2) is 5.91 Å². The summed E-state index contributed by atoms with van der Waals surface area (Å²) in [5, 5.41) is 3.03. The zero-order valence-electron chi connectivity index (χ0n) is 15.1. The fourth-order valence-electron chi connectivity index (χ4n) is 2.82. The molecular formula is C23H23NO2. The monoisotopic (exact) mass is 345 g/mol. The van der Waals surface area contributed by atoms with Crippen LogP contribution in [0.3, 0.4) is 0 Å². The van der Waals surface area contributed by atoms with Crippen molar-refractivity contribution in [2.24, 2.45) is 0 Å². The standard InChI is InChI=1S/C23H23NO2/c1-17(2)19-12-6-8-14-21(19)24-23(25)20-13-7-9-15-22(20)26-16-18-10-4-3-5-11-18/h3-15,17H,16H2,1-2H3,(H,24,25). The minimum atomic E-state index is -0.165. The Morgan fingerprint density at radius 3 is 2.31 bits per heavy atom. The fourth-order valence-corrected chi connectivity index (χ4v) is 2.82. The van der Waals surface area contributed by atoms with Gasteiger partial charge in [0.15, 0.2) is 0 Å². The van der Waals surface area contributed by atoms with Gasteiger partial charge in [-0.05, 0) is 35.2 Å². The summed E-state index contributed by atoms with van der Waals surface area (Å²) in [6.07, 6.45) is 0. The number of para-hydroxylation sites is 2. The van der Waals surface area contributed by atoms with E-state index >= 15 is 0 Å². The van der Waals surface area contributed by atoms with Crippen molar-refractivity contribution in [2.45, 2.75) is 26.4 Å². The van der Waals surface area contributed by atoms with Crippen molar-refractivity contribution in [1.29, 1.82) is 0 Å². The van der Waals surface area contributed by atoms with Crippen LogP contribution in [0.15, 0.2) is 78.9 Å². The van der Waals surface area contributed by atoms with E-state index < -0.39 is 0 Å². The number of amides is 1. The second-order valence-corrected chi connectivity index (χ2v) is 6.47. The first-order valence-electron chi connectivity index (χ1n) is 8.81. The molecule has 0 heterocycles. The van der Waals surface area contributed by atoms with Gasteiger partial charge in [0, 0.05) is 5.69 Å². The van der Waals surface area contributed by atoms with Crippen LogP contribution in [0.25, 0.3) is 0 Å². The van der Waals surface area contributed by atoms with Gasteiger partial charge in [-0.3, -0.25) is 4.79 Å². The maximum Gasteiger partial charge on any atom is 0.259 e. The molecule has 0 aliphatic rings. The number of rotatable bonds is 6. The molecule has 0 aliphatic carbocycles. The predicted molar refractivity (Wildman–Crippen MR) is 106 cm³/mol. The number of benzene rings is 3. The summed E-state index contributed by atoms with van der Waals surface area (Å²) in [5.74, 6) is 0.744. The Hall–Kier alpha value is -3.07. The lowest BCUT2D eigenvalue weighted by Gasteiger charge is -2.15. The van der Waals surface area contributed by atoms with E-state index in [1.165, 1.54) is 0 Å². The molecule has 0 saturated carbocycles. The molecule has 0 aliphatic heterocycles. The summed E-state index contributed by atoms with van der Waals surface area (Å²) in [5.41, 5.74) is 3.55. The predicted octanol–water partition coefficient (Wildman–Crippen LogP) is 5.64. The number of nitrogens with one attached hydrogen (secondary N) is 1. The lowest BCUT2D eigenvalue weighted by atomic mass is 10.0. The Morgan fingerprint density at radius 1 is 0.885 bits per heavy atom. The van der Waals surface area contributed by atoms with Crippen molar-refractivity contribution >= 4 is 11.6 Å². The molecular weight excluding hydrogens is 322 g/mol. The molecule has 1 amide bonds. The van der Waals surface area contributed by atoms with Crippen LogP contribution in [-0.2, 0) is 6.61 Å². The molecule has 0 aromatic heterocycles. The summed E-state index contributed by atoms with van der Waals surface area (Å²) in [7, 11) is 0. The van der Waals surface area contributed by atoms with E-state index in [0.717, 1.165) is 16.8 Å². The van der Waals surface area contributed by atoms with Crippen molar-refractivity contribution < 1.29 is 9.53 Å². The second kappa shape index (κ2) is 8.34. The highest BCUT2D eigenvalue weighted by Gasteiger charge is 2.15. The highest BCUT2D eigenvalue weighted by Crippen LogP contribution is 2.26. The van der Waals surface area contributed by atoms with Gasteiger partial charge in [-0.1, -0.05) is 74.5 Å². The Kier molecular flexibility index (Phi) is 5.69. The molecule has 3 rings (SSSR count). The number of hydrogen-bond acceptors (Lipinski definition) is 2. The van der Waals surface area contributed by atoms with Crippen LogP contribution in [0, 0.1) is 0 Å². The SMILES string of the molecule is CC(C)c1ccccc1NC(=O)c1ccccc1OCc1ccccc1. The molecule has 3 nitrogen and oxygen atoms in total. The summed E-state index contributed by atoms with van der Waals surface area (Å²) >= 11 is 0. The van der Waals surface area contributed by atoms with Gasteiger partial charge in [-0.15, -0.1) is 0 Å². The minimum Gasteiger partial charge on any atom is -0.488 e. The van der Waals surface area contributed by atoms with Gasteiger partial charge in [0.05, 0.1) is 5.56 Å². The van der Waals surface area contributed by atoms with Gasteiger partial charge in [0.2, 0.25) is 0 Å². The molecule has 3 aromatic rings. The first-order chi connectivity index (χ1) is 12.6. The van der Waals surface area contributed by atoms with Crippen LogP contribution >= 0.6 is 0 Å². The van der Waals surface area contributed by atoms with Crippen molar-refractivity contribution in [3.05, 3.63) is 95.6 Å². The van der Waals surface area contributed by atoms with E-state index in [2.05, 4.69) is 19.2 Å². The molecule has 0 spiro atoms. The Labute approximate surface area is 154 Å². The quantitative estimate of drug-likeness (QED) is 0.628. The largest absolute Gasteiger partial charge is 0.488 e. The molecule has 132 valence electrons. The average Bonchev–Trinajstić information content (AvgIpc) is 2.67. The Morgan fingerprint density at radius 2 is 1.54 bits per heavy atom. The normalized spacial score (nSPS) is 10.6. The first-order valence-corrected chi connectivity index (χ1v) is 8.81. The van der Waals surface area contributed by atoms with E-state index in [1.54, 1.807) is 6.07 Å². The summed E-state index contributed by atoms with van der Waals surface area (Å²) in [6, 6.07) is 25.1. The van der Waals surface area contributed by atoms with Crippen LogP contribution < -0.4 is 10.1 Å². The van der Waals surface area contributed by atoms with E-state index in [4.69, 9.17) is 4.74 Å². The van der Waals surface area contributed by atoms with E-state index in [-0.39, 0.29) is 5.91 Å². The minimum absolute atomic E-state index is 0.165. The number of hydrogen-bond donors (Lipinski definition) is 1. The molecule has 0 bridgehead atoms. The van der Waals surface area contributed by atoms with E-state index in [9.17, 15) is 4.79 Å². The van der Waals surface area contributed by atoms with Crippen LogP contribution in [0.1, 0.15) is 41.3 Å². The highest BCUT2D eigenvalue weighted by atomic mass is 16.5. The molecule has 3 aromatic carbocycles.